The first-order chi connectivity index (χ1) is 8.25. The standard InChI is InChI=1S/C13H10NOSSe/c15-12(10-6-4-5-7-10)17-13(16)14-11-8-2-1-3-9-11/h1-9H,(H,14,16). The molecular weight excluding hydrogens is 297 g/mol. The summed E-state index contributed by atoms with van der Waals surface area (Å²) < 4.78 is 0.714. The van der Waals surface area contributed by atoms with Gasteiger partial charge in [-0.05, 0) is 0 Å². The van der Waals surface area contributed by atoms with E-state index >= 15 is 0 Å². The second kappa shape index (κ2) is 5.92. The van der Waals surface area contributed by atoms with E-state index in [1.54, 1.807) is 0 Å². The van der Waals surface area contributed by atoms with Crippen molar-refractivity contribution >= 4 is 41.4 Å². The second-order valence-corrected chi connectivity index (χ2v) is 6.40. The molecule has 85 valence electrons. The van der Waals surface area contributed by atoms with E-state index in [1.165, 1.54) is 0 Å². The van der Waals surface area contributed by atoms with Crippen LogP contribution in [0.1, 0.15) is 0 Å². The van der Waals surface area contributed by atoms with Gasteiger partial charge in [0.25, 0.3) is 0 Å². The Labute approximate surface area is 112 Å². The number of hydrogen-bond acceptors (Lipinski definition) is 2. The van der Waals surface area contributed by atoms with Crippen molar-refractivity contribution in [3.8, 4) is 0 Å². The zero-order valence-corrected chi connectivity index (χ0v) is 11.5. The monoisotopic (exact) mass is 308 g/mol. The quantitative estimate of drug-likeness (QED) is 0.684. The van der Waals surface area contributed by atoms with Crippen molar-refractivity contribution in [3.63, 3.8) is 0 Å². The minimum absolute atomic E-state index is 0.107. The molecule has 0 aromatic heterocycles. The number of allylic oxidation sites excluding steroid dienone is 4. The number of benzene rings is 1. The Morgan fingerprint density at radius 3 is 2.65 bits per heavy atom. The SMILES string of the molecule is O=C([Se]C(=S)Nc1ccccc1)C1=C[CH]C=C1. The van der Waals surface area contributed by atoms with Gasteiger partial charge in [0.2, 0.25) is 0 Å². The Balaban J connectivity index is 1.90. The number of thiocarbonyl (C=S) groups is 1. The normalized spacial score (nSPS) is 13.3. The van der Waals surface area contributed by atoms with Crippen molar-refractivity contribution < 1.29 is 4.79 Å². The van der Waals surface area contributed by atoms with Crippen molar-refractivity contribution in [2.45, 2.75) is 0 Å². The Kier molecular flexibility index (Phi) is 4.26. The molecule has 0 atom stereocenters. The van der Waals surface area contributed by atoms with Crippen LogP contribution in [0.3, 0.4) is 0 Å². The molecule has 1 aromatic rings. The number of rotatable bonds is 4. The van der Waals surface area contributed by atoms with E-state index in [2.05, 4.69) is 5.32 Å². The third-order valence-corrected chi connectivity index (χ3v) is 4.13. The molecule has 0 saturated carbocycles. The van der Waals surface area contributed by atoms with Crippen LogP contribution in [0.2, 0.25) is 0 Å². The van der Waals surface area contributed by atoms with Gasteiger partial charge in [0.1, 0.15) is 0 Å². The molecule has 0 amide bonds. The molecule has 0 saturated heterocycles. The van der Waals surface area contributed by atoms with Crippen LogP contribution in [0.15, 0.2) is 54.1 Å². The Hall–Kier alpha value is -1.22. The molecule has 1 aliphatic rings. The molecule has 0 fully saturated rings. The van der Waals surface area contributed by atoms with Crippen molar-refractivity contribution in [3.05, 3.63) is 60.6 Å². The van der Waals surface area contributed by atoms with Gasteiger partial charge < -0.3 is 0 Å². The van der Waals surface area contributed by atoms with Gasteiger partial charge in [-0.2, -0.15) is 0 Å². The fourth-order valence-corrected chi connectivity index (χ4v) is 3.07. The van der Waals surface area contributed by atoms with Crippen LogP contribution in [0, 0.1) is 6.42 Å². The average molecular weight is 307 g/mol. The number of hydrogen-bond donors (Lipinski definition) is 1. The summed E-state index contributed by atoms with van der Waals surface area (Å²) in [7, 11) is 0. The molecular formula is C13H10NOSSe. The average Bonchev–Trinajstić information content (AvgIpc) is 2.83. The zero-order chi connectivity index (χ0) is 12.1. The first-order valence-electron chi connectivity index (χ1n) is 5.05. The Morgan fingerprint density at radius 2 is 2.00 bits per heavy atom. The maximum absolute atomic E-state index is 11.8. The number of anilines is 1. The Bertz CT molecular complexity index is 493. The van der Waals surface area contributed by atoms with E-state index in [0.717, 1.165) is 11.3 Å². The van der Waals surface area contributed by atoms with Crippen molar-refractivity contribution in [2.75, 3.05) is 5.32 Å². The van der Waals surface area contributed by atoms with E-state index in [1.807, 2.05) is 55.0 Å². The number of carbonyl (C=O) groups excluding carboxylic acids is 1. The molecule has 2 nitrogen and oxygen atoms in total. The number of nitrogens with one attached hydrogen (secondary N) is 1. The van der Waals surface area contributed by atoms with Crippen LogP contribution in [-0.4, -0.2) is 23.5 Å². The Morgan fingerprint density at radius 1 is 1.24 bits per heavy atom. The van der Waals surface area contributed by atoms with E-state index in [-0.39, 0.29) is 19.6 Å². The van der Waals surface area contributed by atoms with E-state index in [9.17, 15) is 4.79 Å². The number of carbonyl (C=O) groups is 1. The predicted molar refractivity (Wildman–Crippen MR) is 74.9 cm³/mol. The van der Waals surface area contributed by atoms with E-state index in [0.29, 0.717) is 3.89 Å². The van der Waals surface area contributed by atoms with Gasteiger partial charge in [0.15, 0.2) is 0 Å². The van der Waals surface area contributed by atoms with Gasteiger partial charge >= 0.3 is 112 Å². The summed E-state index contributed by atoms with van der Waals surface area (Å²) in [5.41, 5.74) is 1.66. The first-order valence-corrected chi connectivity index (χ1v) is 7.18. The van der Waals surface area contributed by atoms with Gasteiger partial charge in [0.05, 0.1) is 0 Å². The van der Waals surface area contributed by atoms with Crippen LogP contribution >= 0.6 is 12.2 Å². The zero-order valence-electron chi connectivity index (χ0n) is 8.92. The van der Waals surface area contributed by atoms with Gasteiger partial charge in [-0.3, -0.25) is 0 Å². The molecule has 0 spiro atoms. The molecule has 1 aromatic carbocycles. The van der Waals surface area contributed by atoms with Gasteiger partial charge in [-0.25, -0.2) is 0 Å². The molecule has 2 rings (SSSR count). The van der Waals surface area contributed by atoms with Crippen LogP contribution < -0.4 is 5.32 Å². The molecule has 4 heteroatoms. The molecule has 0 bridgehead atoms. The molecule has 1 N–H and O–H groups in total. The summed E-state index contributed by atoms with van der Waals surface area (Å²) in [6, 6.07) is 9.65. The predicted octanol–water partition coefficient (Wildman–Crippen LogP) is 2.31. The van der Waals surface area contributed by atoms with Crippen molar-refractivity contribution in [2.24, 2.45) is 0 Å². The first kappa shape index (κ1) is 12.2. The van der Waals surface area contributed by atoms with Gasteiger partial charge in [-0.1, -0.05) is 0 Å². The summed E-state index contributed by atoms with van der Waals surface area (Å²) in [6.45, 7) is 0. The second-order valence-electron chi connectivity index (χ2n) is 3.34. The van der Waals surface area contributed by atoms with Gasteiger partial charge in [-0.15, -0.1) is 0 Å². The summed E-state index contributed by atoms with van der Waals surface area (Å²) in [6.07, 6.45) is 7.35. The fourth-order valence-electron chi connectivity index (χ4n) is 1.32. The summed E-state index contributed by atoms with van der Waals surface area (Å²) in [5, 5.41) is 3.07. The topological polar surface area (TPSA) is 29.1 Å². The van der Waals surface area contributed by atoms with Crippen molar-refractivity contribution in [1.29, 1.82) is 0 Å². The third-order valence-electron chi connectivity index (χ3n) is 2.10. The van der Waals surface area contributed by atoms with E-state index < -0.39 is 0 Å². The maximum atomic E-state index is 11.8. The third kappa shape index (κ3) is 3.63. The van der Waals surface area contributed by atoms with Crippen LogP contribution in [0.25, 0.3) is 0 Å². The van der Waals surface area contributed by atoms with E-state index in [4.69, 9.17) is 12.2 Å². The summed E-state index contributed by atoms with van der Waals surface area (Å²) in [5.74, 6) is 0. The fraction of sp³-hybridized carbons (Fsp3) is 0. The van der Waals surface area contributed by atoms with Crippen LogP contribution in [0.5, 0.6) is 0 Å². The summed E-state index contributed by atoms with van der Waals surface area (Å²) >= 11 is 4.83. The number of para-hydroxylation sites is 1. The molecule has 0 aliphatic heterocycles. The van der Waals surface area contributed by atoms with Gasteiger partial charge in [0, 0.05) is 0 Å². The summed E-state index contributed by atoms with van der Waals surface area (Å²) in [4.78, 5) is 11.8. The molecule has 0 heterocycles. The molecule has 0 unspecified atom stereocenters. The molecule has 1 radical (unpaired) electrons. The molecule has 17 heavy (non-hydrogen) atoms. The molecule has 1 aliphatic carbocycles. The minimum atomic E-state index is -0.348. The van der Waals surface area contributed by atoms with Crippen LogP contribution in [0.4, 0.5) is 5.69 Å². The van der Waals surface area contributed by atoms with Crippen molar-refractivity contribution in [1.82, 2.24) is 0 Å². The van der Waals surface area contributed by atoms with Crippen LogP contribution in [-0.2, 0) is 4.79 Å².